The Labute approximate surface area is 123 Å². The van der Waals surface area contributed by atoms with E-state index in [1.165, 1.54) is 38.5 Å². The van der Waals surface area contributed by atoms with Gasteiger partial charge >= 0.3 is 5.97 Å². The molecule has 0 fully saturated rings. The minimum Gasteiger partial charge on any atom is -0.479 e. The first-order chi connectivity index (χ1) is 9.37. The molecule has 0 rings (SSSR count). The normalized spacial score (nSPS) is 13.4. The molecule has 0 saturated heterocycles. The predicted molar refractivity (Wildman–Crippen MR) is 80.6 cm³/mol. The first-order valence-electron chi connectivity index (χ1n) is 7.94. The Morgan fingerprint density at radius 3 is 1.95 bits per heavy atom. The molecule has 0 amide bonds. The third-order valence-corrected chi connectivity index (χ3v) is 3.01. The smallest absolute Gasteiger partial charge is 0.336 e. The van der Waals surface area contributed by atoms with E-state index >= 15 is 0 Å². The van der Waals surface area contributed by atoms with Crippen LogP contribution in [0.15, 0.2) is 0 Å². The van der Waals surface area contributed by atoms with Gasteiger partial charge in [-0.05, 0) is 27.2 Å². The number of carbonyl (C=O) groups is 1. The van der Waals surface area contributed by atoms with Crippen molar-refractivity contribution in [2.75, 3.05) is 0 Å². The van der Waals surface area contributed by atoms with Gasteiger partial charge < -0.3 is 5.11 Å². The fraction of sp³-hybridized carbons (Fsp3) is 0.938. The van der Waals surface area contributed by atoms with E-state index in [1.54, 1.807) is 0 Å². The Morgan fingerprint density at radius 2 is 1.50 bits per heavy atom. The van der Waals surface area contributed by atoms with Crippen LogP contribution in [0.5, 0.6) is 0 Å². The number of hydrogen-bond donors (Lipinski definition) is 1. The average molecular weight is 288 g/mol. The van der Waals surface area contributed by atoms with Crippen LogP contribution in [0.3, 0.4) is 0 Å². The Balaban J connectivity index is 3.64. The third kappa shape index (κ3) is 12.4. The van der Waals surface area contributed by atoms with Gasteiger partial charge in [-0.15, -0.1) is 0 Å². The zero-order valence-corrected chi connectivity index (χ0v) is 13.6. The topological polar surface area (TPSA) is 55.8 Å². The molecule has 1 unspecified atom stereocenters. The molecule has 20 heavy (non-hydrogen) atoms. The molecule has 0 saturated carbocycles. The van der Waals surface area contributed by atoms with Crippen LogP contribution in [0.4, 0.5) is 0 Å². The van der Waals surface area contributed by atoms with Gasteiger partial charge in [-0.1, -0.05) is 58.3 Å². The highest BCUT2D eigenvalue weighted by atomic mass is 17.2. The second-order valence-electron chi connectivity index (χ2n) is 6.38. The van der Waals surface area contributed by atoms with Crippen LogP contribution < -0.4 is 0 Å². The molecule has 0 spiro atoms. The van der Waals surface area contributed by atoms with Crippen LogP contribution >= 0.6 is 0 Å². The lowest BCUT2D eigenvalue weighted by Gasteiger charge is -2.21. The SMILES string of the molecule is CCCCCCCCCCC(OOC(C)(C)C)C(=O)O. The molecule has 0 aromatic carbocycles. The number of unbranched alkanes of at least 4 members (excludes halogenated alkanes) is 7. The van der Waals surface area contributed by atoms with E-state index < -0.39 is 17.7 Å². The maximum Gasteiger partial charge on any atom is 0.336 e. The fourth-order valence-electron chi connectivity index (χ4n) is 1.88. The van der Waals surface area contributed by atoms with Crippen LogP contribution in [0.1, 0.15) is 85.5 Å². The number of carboxylic acid groups (broad SMARTS) is 1. The molecule has 0 aliphatic rings. The molecule has 1 atom stereocenters. The second-order valence-corrected chi connectivity index (χ2v) is 6.38. The average Bonchev–Trinajstić information content (AvgIpc) is 2.34. The molecule has 0 radical (unpaired) electrons. The highest BCUT2D eigenvalue weighted by molar-refractivity contribution is 5.72. The lowest BCUT2D eigenvalue weighted by atomic mass is 10.1. The summed E-state index contributed by atoms with van der Waals surface area (Å²) in [6.45, 7) is 7.72. The van der Waals surface area contributed by atoms with Gasteiger partial charge in [0.2, 0.25) is 0 Å². The molecule has 0 aliphatic heterocycles. The lowest BCUT2D eigenvalue weighted by Crippen LogP contribution is -2.29. The number of hydrogen-bond acceptors (Lipinski definition) is 3. The Hall–Kier alpha value is -0.610. The first kappa shape index (κ1) is 19.4. The van der Waals surface area contributed by atoms with Gasteiger partial charge in [0.25, 0.3) is 0 Å². The number of carboxylic acids is 1. The summed E-state index contributed by atoms with van der Waals surface area (Å²) < 4.78 is 0. The first-order valence-corrected chi connectivity index (χ1v) is 7.94. The zero-order valence-electron chi connectivity index (χ0n) is 13.6. The van der Waals surface area contributed by atoms with Gasteiger partial charge in [-0.2, -0.15) is 0 Å². The van der Waals surface area contributed by atoms with Gasteiger partial charge in [-0.3, -0.25) is 0 Å². The zero-order chi connectivity index (χ0) is 15.4. The second kappa shape index (κ2) is 11.1. The molecule has 4 nitrogen and oxygen atoms in total. The minimum absolute atomic E-state index is 0.479. The van der Waals surface area contributed by atoms with Gasteiger partial charge in [-0.25, -0.2) is 14.6 Å². The van der Waals surface area contributed by atoms with Crippen LogP contribution in [0, 0.1) is 0 Å². The van der Waals surface area contributed by atoms with E-state index in [1.807, 2.05) is 20.8 Å². The van der Waals surface area contributed by atoms with Crippen molar-refractivity contribution < 1.29 is 19.7 Å². The fourth-order valence-corrected chi connectivity index (χ4v) is 1.88. The Morgan fingerprint density at radius 1 is 1.00 bits per heavy atom. The van der Waals surface area contributed by atoms with E-state index in [0.29, 0.717) is 6.42 Å². The summed E-state index contributed by atoms with van der Waals surface area (Å²) in [5, 5.41) is 9.06. The van der Waals surface area contributed by atoms with Crippen LogP contribution in [-0.4, -0.2) is 22.8 Å². The maximum absolute atomic E-state index is 11.0. The highest BCUT2D eigenvalue weighted by Crippen LogP contribution is 2.15. The van der Waals surface area contributed by atoms with E-state index in [0.717, 1.165) is 12.8 Å². The molecule has 1 N–H and O–H groups in total. The van der Waals surface area contributed by atoms with Crippen molar-refractivity contribution in [2.45, 2.75) is 97.2 Å². The van der Waals surface area contributed by atoms with Crippen molar-refractivity contribution in [3.8, 4) is 0 Å². The van der Waals surface area contributed by atoms with Crippen molar-refractivity contribution in [1.29, 1.82) is 0 Å². The third-order valence-electron chi connectivity index (χ3n) is 3.01. The number of rotatable bonds is 12. The summed E-state index contributed by atoms with van der Waals surface area (Å²) in [6.07, 6.45) is 9.22. The molecular weight excluding hydrogens is 256 g/mol. The minimum atomic E-state index is -0.947. The van der Waals surface area contributed by atoms with Crippen molar-refractivity contribution in [2.24, 2.45) is 0 Å². The Bertz CT molecular complexity index is 245. The van der Waals surface area contributed by atoms with E-state index in [9.17, 15) is 4.79 Å². The van der Waals surface area contributed by atoms with Gasteiger partial charge in [0.05, 0.1) is 5.60 Å². The molecular formula is C16H32O4. The van der Waals surface area contributed by atoms with Crippen molar-refractivity contribution >= 4 is 5.97 Å². The summed E-state index contributed by atoms with van der Waals surface area (Å²) in [6, 6.07) is 0. The number of aliphatic carboxylic acids is 1. The molecule has 120 valence electrons. The highest BCUT2D eigenvalue weighted by Gasteiger charge is 2.22. The molecule has 0 aromatic rings. The molecule has 0 bridgehead atoms. The molecule has 0 aromatic heterocycles. The van der Waals surface area contributed by atoms with E-state index in [2.05, 4.69) is 6.92 Å². The predicted octanol–water partition coefficient (Wildman–Crippen LogP) is 4.72. The molecule has 0 heterocycles. The van der Waals surface area contributed by atoms with Gasteiger partial charge in [0, 0.05) is 0 Å². The van der Waals surface area contributed by atoms with Crippen molar-refractivity contribution in [3.63, 3.8) is 0 Å². The summed E-state index contributed by atoms with van der Waals surface area (Å²) in [7, 11) is 0. The monoisotopic (exact) mass is 288 g/mol. The van der Waals surface area contributed by atoms with E-state index in [4.69, 9.17) is 14.9 Å². The standard InChI is InChI=1S/C16H32O4/c1-5-6-7-8-9-10-11-12-13-14(15(17)18)19-20-16(2,3)4/h14H,5-13H2,1-4H3,(H,17,18). The summed E-state index contributed by atoms with van der Waals surface area (Å²) >= 11 is 0. The quantitative estimate of drug-likeness (QED) is 0.321. The van der Waals surface area contributed by atoms with Crippen LogP contribution in [0.25, 0.3) is 0 Å². The molecule has 0 aliphatic carbocycles. The molecule has 4 heteroatoms. The van der Waals surface area contributed by atoms with Gasteiger partial charge in [0.15, 0.2) is 6.10 Å². The summed E-state index contributed by atoms with van der Waals surface area (Å²) in [5.74, 6) is -0.947. The Kier molecular flexibility index (Phi) is 10.8. The van der Waals surface area contributed by atoms with Crippen molar-refractivity contribution in [1.82, 2.24) is 0 Å². The largest absolute Gasteiger partial charge is 0.479 e. The van der Waals surface area contributed by atoms with Crippen molar-refractivity contribution in [3.05, 3.63) is 0 Å². The summed E-state index contributed by atoms with van der Waals surface area (Å²) in [4.78, 5) is 21.2. The van der Waals surface area contributed by atoms with Gasteiger partial charge in [0.1, 0.15) is 0 Å². The van der Waals surface area contributed by atoms with Crippen LogP contribution in [-0.2, 0) is 14.6 Å². The van der Waals surface area contributed by atoms with Crippen LogP contribution in [0.2, 0.25) is 0 Å². The maximum atomic E-state index is 11.0. The lowest BCUT2D eigenvalue weighted by molar-refractivity contribution is -0.368. The summed E-state index contributed by atoms with van der Waals surface area (Å²) in [5.41, 5.74) is -0.479. The van der Waals surface area contributed by atoms with E-state index in [-0.39, 0.29) is 0 Å².